The topological polar surface area (TPSA) is 156 Å². The second-order valence-corrected chi connectivity index (χ2v) is 10.7. The fourth-order valence-electron chi connectivity index (χ4n) is 4.49. The summed E-state index contributed by atoms with van der Waals surface area (Å²) >= 11 is 13.4. The number of aromatic nitrogens is 2. The van der Waals surface area contributed by atoms with E-state index in [0.717, 1.165) is 16.7 Å². The fraction of sp³-hybridized carbons (Fsp3) is 0.219. The van der Waals surface area contributed by atoms with Crippen LogP contribution in [-0.4, -0.2) is 57.5 Å². The van der Waals surface area contributed by atoms with Crippen molar-refractivity contribution in [3.8, 4) is 28.4 Å². The van der Waals surface area contributed by atoms with Gasteiger partial charge in [0, 0.05) is 29.3 Å². The van der Waals surface area contributed by atoms with Crippen LogP contribution in [0.1, 0.15) is 16.7 Å². The molecule has 1 heterocycles. The Kier molecular flexibility index (Phi) is 10.7. The Bertz CT molecular complexity index is 1780. The number of carboxylic acid groups (broad SMARTS) is 1. The molecule has 0 unspecified atom stereocenters. The minimum atomic E-state index is -1.19. The molecule has 11 nitrogen and oxygen atoms in total. The highest BCUT2D eigenvalue weighted by molar-refractivity contribution is 6.34. The molecule has 5 aromatic rings. The van der Waals surface area contributed by atoms with Crippen molar-refractivity contribution in [2.75, 3.05) is 19.8 Å². The summed E-state index contributed by atoms with van der Waals surface area (Å²) < 4.78 is 22.6. The van der Waals surface area contributed by atoms with Crippen LogP contribution in [0, 0.1) is 0 Å². The Hall–Kier alpha value is -4.39. The molecule has 0 saturated heterocycles. The largest absolute Gasteiger partial charge is 0.491 e. The van der Waals surface area contributed by atoms with E-state index in [1.807, 2.05) is 42.5 Å². The van der Waals surface area contributed by atoms with Gasteiger partial charge in [0.05, 0.1) is 23.3 Å². The highest BCUT2D eigenvalue weighted by atomic mass is 35.5. The van der Waals surface area contributed by atoms with E-state index < -0.39 is 18.6 Å². The maximum atomic E-state index is 11.4. The highest BCUT2D eigenvalue weighted by Gasteiger charge is 2.19. The smallest absolute Gasteiger partial charge is 0.323 e. The number of nitrogens with zero attached hydrogens (tertiary/aromatic N) is 2. The number of ether oxygens (including phenoxy) is 3. The molecule has 1 aromatic heterocycles. The van der Waals surface area contributed by atoms with E-state index in [-0.39, 0.29) is 38.0 Å². The fourth-order valence-corrected chi connectivity index (χ4v) is 5.02. The summed E-state index contributed by atoms with van der Waals surface area (Å²) in [6, 6.07) is 20.5. The third-order valence-corrected chi connectivity index (χ3v) is 7.56. The second kappa shape index (κ2) is 15.1. The summed E-state index contributed by atoms with van der Waals surface area (Å²) in [5.74, 6) is 0.134. The number of benzene rings is 4. The van der Waals surface area contributed by atoms with Crippen LogP contribution >= 0.6 is 23.2 Å². The quantitative estimate of drug-likeness (QED) is 0.117. The zero-order chi connectivity index (χ0) is 31.8. The zero-order valence-electron chi connectivity index (χ0n) is 23.8. The van der Waals surface area contributed by atoms with E-state index in [9.17, 15) is 15.0 Å². The predicted octanol–water partition coefficient (Wildman–Crippen LogP) is 5.26. The number of rotatable bonds is 15. The number of aliphatic hydroxyl groups is 2. The normalized spacial score (nSPS) is 11.8. The standard InChI is InChI=1S/C32H29Cl2N3O8/c33-25-13-22(15-35-28(16-39)32(40)41)29(43-17-19-7-8-26-27(11-19)37-45-36-26)14-30(25)44-18-21-4-2-6-24(31(21)34)20-3-1-5-23(12-20)42-10-9-38/h1-8,11-14,28,35,38-39H,9-10,15-18H2,(H,40,41)/t28-/m1/s1. The molecule has 0 radical (unpaired) electrons. The van der Waals surface area contributed by atoms with Crippen LogP contribution in [-0.2, 0) is 24.6 Å². The van der Waals surface area contributed by atoms with E-state index >= 15 is 0 Å². The van der Waals surface area contributed by atoms with Gasteiger partial charge in [-0.3, -0.25) is 10.1 Å². The van der Waals surface area contributed by atoms with Crippen LogP contribution in [0.15, 0.2) is 77.4 Å². The van der Waals surface area contributed by atoms with Crippen molar-refractivity contribution in [3.63, 3.8) is 0 Å². The lowest BCUT2D eigenvalue weighted by Crippen LogP contribution is -2.39. The van der Waals surface area contributed by atoms with Crippen molar-refractivity contribution in [3.05, 3.63) is 99.5 Å². The Morgan fingerprint density at radius 2 is 1.67 bits per heavy atom. The Morgan fingerprint density at radius 1 is 0.867 bits per heavy atom. The molecule has 45 heavy (non-hydrogen) atoms. The molecule has 4 aromatic carbocycles. The van der Waals surface area contributed by atoms with Crippen molar-refractivity contribution in [1.29, 1.82) is 0 Å². The van der Waals surface area contributed by atoms with Gasteiger partial charge in [0.1, 0.15) is 54.1 Å². The number of carbonyl (C=O) groups is 1. The van der Waals surface area contributed by atoms with Gasteiger partial charge in [0.2, 0.25) is 0 Å². The first-order valence-corrected chi connectivity index (χ1v) is 14.6. The summed E-state index contributed by atoms with van der Waals surface area (Å²) in [6.07, 6.45) is 0. The van der Waals surface area contributed by atoms with Crippen LogP contribution in [0.25, 0.3) is 22.2 Å². The molecule has 0 aliphatic heterocycles. The Morgan fingerprint density at radius 3 is 2.47 bits per heavy atom. The van der Waals surface area contributed by atoms with E-state index in [4.69, 9.17) is 47.1 Å². The van der Waals surface area contributed by atoms with E-state index in [2.05, 4.69) is 15.6 Å². The third kappa shape index (κ3) is 8.01. The molecule has 234 valence electrons. The molecule has 4 N–H and O–H groups in total. The summed E-state index contributed by atoms with van der Waals surface area (Å²) in [5.41, 5.74) is 4.86. The summed E-state index contributed by atoms with van der Waals surface area (Å²) in [6.45, 7) is -0.214. The summed E-state index contributed by atoms with van der Waals surface area (Å²) in [4.78, 5) is 11.4. The summed E-state index contributed by atoms with van der Waals surface area (Å²) in [5, 5.41) is 39.1. The van der Waals surface area contributed by atoms with Crippen LogP contribution < -0.4 is 19.5 Å². The lowest BCUT2D eigenvalue weighted by atomic mass is 10.0. The molecule has 0 aliphatic carbocycles. The minimum Gasteiger partial charge on any atom is -0.491 e. The van der Waals surface area contributed by atoms with Gasteiger partial charge in [-0.2, -0.15) is 0 Å². The van der Waals surface area contributed by atoms with Gasteiger partial charge in [-0.05, 0) is 51.8 Å². The molecule has 0 fully saturated rings. The van der Waals surface area contributed by atoms with Crippen LogP contribution in [0.2, 0.25) is 10.0 Å². The van der Waals surface area contributed by atoms with E-state index in [1.54, 1.807) is 30.3 Å². The van der Waals surface area contributed by atoms with Crippen molar-refractivity contribution in [1.82, 2.24) is 15.6 Å². The second-order valence-electron chi connectivity index (χ2n) is 9.89. The summed E-state index contributed by atoms with van der Waals surface area (Å²) in [7, 11) is 0. The molecule has 5 rings (SSSR count). The average molecular weight is 655 g/mol. The number of aliphatic hydroxyl groups excluding tert-OH is 2. The molecular formula is C32H29Cl2N3O8. The number of halogens is 2. The molecular weight excluding hydrogens is 625 g/mol. The molecule has 0 amide bonds. The Balaban J connectivity index is 1.37. The van der Waals surface area contributed by atoms with Gasteiger partial charge in [-0.1, -0.05) is 59.6 Å². The first kappa shape index (κ1) is 32.0. The monoisotopic (exact) mass is 653 g/mol. The zero-order valence-corrected chi connectivity index (χ0v) is 25.3. The van der Waals surface area contributed by atoms with Gasteiger partial charge in [0.25, 0.3) is 0 Å². The lowest BCUT2D eigenvalue weighted by molar-refractivity contribution is -0.140. The molecule has 0 spiro atoms. The SMILES string of the molecule is O=C(O)[C@@H](CO)NCc1cc(Cl)c(OCc2cccc(-c3cccc(OCCO)c3)c2Cl)cc1OCc1ccc2nonc2c1. The van der Waals surface area contributed by atoms with Crippen LogP contribution in [0.4, 0.5) is 0 Å². The van der Waals surface area contributed by atoms with Crippen molar-refractivity contribution in [2.45, 2.75) is 25.8 Å². The van der Waals surface area contributed by atoms with E-state index in [0.29, 0.717) is 44.4 Å². The molecule has 0 aliphatic rings. The molecule has 13 heteroatoms. The van der Waals surface area contributed by atoms with Gasteiger partial charge in [-0.25, -0.2) is 4.63 Å². The number of nitrogens with one attached hydrogen (secondary N) is 1. The molecule has 0 saturated carbocycles. The van der Waals surface area contributed by atoms with Crippen molar-refractivity contribution < 1.29 is 39.0 Å². The van der Waals surface area contributed by atoms with Gasteiger partial charge in [-0.15, -0.1) is 0 Å². The van der Waals surface area contributed by atoms with Gasteiger partial charge < -0.3 is 29.5 Å². The lowest BCUT2D eigenvalue weighted by Gasteiger charge is -2.18. The van der Waals surface area contributed by atoms with E-state index in [1.165, 1.54) is 0 Å². The number of hydrogen-bond donors (Lipinski definition) is 4. The predicted molar refractivity (Wildman–Crippen MR) is 167 cm³/mol. The number of fused-ring (bicyclic) bond motifs is 1. The van der Waals surface area contributed by atoms with Gasteiger partial charge in [0.15, 0.2) is 0 Å². The number of carboxylic acids is 1. The maximum Gasteiger partial charge on any atom is 0.323 e. The molecule has 1 atom stereocenters. The van der Waals surface area contributed by atoms with Crippen molar-refractivity contribution >= 4 is 40.2 Å². The first-order chi connectivity index (χ1) is 21.9. The van der Waals surface area contributed by atoms with Crippen molar-refractivity contribution in [2.24, 2.45) is 0 Å². The van der Waals surface area contributed by atoms with Crippen LogP contribution in [0.5, 0.6) is 17.2 Å². The average Bonchev–Trinajstić information content (AvgIpc) is 3.52. The number of hydrogen-bond acceptors (Lipinski definition) is 10. The number of aliphatic carboxylic acids is 1. The Labute approximate surface area is 267 Å². The van der Waals surface area contributed by atoms with Crippen LogP contribution in [0.3, 0.4) is 0 Å². The highest BCUT2D eigenvalue weighted by Crippen LogP contribution is 2.36. The minimum absolute atomic E-state index is 0.0497. The third-order valence-electron chi connectivity index (χ3n) is 6.81. The molecule has 0 bridgehead atoms. The van der Waals surface area contributed by atoms with Gasteiger partial charge >= 0.3 is 5.97 Å². The first-order valence-electron chi connectivity index (χ1n) is 13.8. The maximum absolute atomic E-state index is 11.4.